The van der Waals surface area contributed by atoms with Crippen molar-refractivity contribution in [3.63, 3.8) is 0 Å². The van der Waals surface area contributed by atoms with E-state index in [9.17, 15) is 19.5 Å². The average molecular weight is 559 g/mol. The number of rotatable bonds is 5. The maximum atomic E-state index is 14.8. The number of fused-ring (bicyclic) bond motifs is 2. The van der Waals surface area contributed by atoms with Gasteiger partial charge in [0.1, 0.15) is 12.6 Å². The lowest BCUT2D eigenvalue weighted by Crippen LogP contribution is -2.57. The van der Waals surface area contributed by atoms with E-state index in [1.54, 1.807) is 9.80 Å². The van der Waals surface area contributed by atoms with Gasteiger partial charge in [-0.2, -0.15) is 0 Å². The molecule has 2 aromatic rings. The molecule has 1 unspecified atom stereocenters. The summed E-state index contributed by atoms with van der Waals surface area (Å²) in [5, 5.41) is 10.7. The highest BCUT2D eigenvalue weighted by atomic mass is 32.2. The number of carbonyl (C=O) groups excluding carboxylic acids is 3. The first-order chi connectivity index (χ1) is 19.2. The lowest BCUT2D eigenvalue weighted by atomic mass is 9.75. The van der Waals surface area contributed by atoms with E-state index in [-0.39, 0.29) is 25.0 Å². The van der Waals surface area contributed by atoms with Gasteiger partial charge in [0.25, 0.3) is 5.91 Å². The Morgan fingerprint density at radius 3 is 2.55 bits per heavy atom. The molecule has 2 aromatic carbocycles. The maximum absolute atomic E-state index is 14.8. The number of likely N-dealkylation sites (tertiary alicyclic amines) is 1. The number of aliphatic hydroxyl groups excluding tert-OH is 1. The summed E-state index contributed by atoms with van der Waals surface area (Å²) in [6.07, 6.45) is 8.14. The van der Waals surface area contributed by atoms with Gasteiger partial charge in [-0.25, -0.2) is 0 Å². The fourth-order valence-electron chi connectivity index (χ4n) is 7.05. The number of thioether (sulfide) groups is 1. The van der Waals surface area contributed by atoms with Crippen LogP contribution in [-0.4, -0.2) is 69.1 Å². The molecule has 208 valence electrons. The molecule has 4 heterocycles. The van der Waals surface area contributed by atoms with Crippen LogP contribution in [0.3, 0.4) is 0 Å². The van der Waals surface area contributed by atoms with Crippen molar-refractivity contribution < 1.29 is 24.2 Å². The Morgan fingerprint density at radius 2 is 1.80 bits per heavy atom. The third-order valence-corrected chi connectivity index (χ3v) is 10.6. The van der Waals surface area contributed by atoms with Crippen LogP contribution >= 0.6 is 11.8 Å². The first kappa shape index (κ1) is 26.8. The molecule has 8 heteroatoms. The van der Waals surface area contributed by atoms with E-state index in [1.165, 1.54) is 11.8 Å². The highest BCUT2D eigenvalue weighted by Gasteiger charge is 2.74. The largest absolute Gasteiger partial charge is 0.461 e. The van der Waals surface area contributed by atoms with Gasteiger partial charge in [0.05, 0.1) is 29.2 Å². The number of nitrogens with zero attached hydrogens (tertiary/aromatic N) is 2. The number of anilines is 1. The van der Waals surface area contributed by atoms with Gasteiger partial charge in [-0.1, -0.05) is 60.7 Å². The van der Waals surface area contributed by atoms with E-state index in [0.717, 1.165) is 22.4 Å². The number of ether oxygens (including phenoxy) is 1. The average Bonchev–Trinajstić information content (AvgIpc) is 3.20. The second-order valence-electron chi connectivity index (χ2n) is 11.4. The van der Waals surface area contributed by atoms with E-state index in [1.807, 2.05) is 93.6 Å². The minimum absolute atomic E-state index is 0.162. The Kier molecular flexibility index (Phi) is 6.66. The quantitative estimate of drug-likeness (QED) is 0.446. The summed E-state index contributed by atoms with van der Waals surface area (Å²) in [6.45, 7) is 6.13. The molecule has 40 heavy (non-hydrogen) atoms. The molecule has 0 saturated carbocycles. The number of aliphatic hydroxyl groups is 1. The predicted octanol–water partition coefficient (Wildman–Crippen LogP) is 3.61. The van der Waals surface area contributed by atoms with E-state index in [2.05, 4.69) is 0 Å². The van der Waals surface area contributed by atoms with Gasteiger partial charge >= 0.3 is 5.97 Å². The van der Waals surface area contributed by atoms with Crippen molar-refractivity contribution in [3.05, 3.63) is 89.5 Å². The number of carbonyl (C=O) groups is 3. The molecule has 2 amide bonds. The molecule has 6 rings (SSSR count). The summed E-state index contributed by atoms with van der Waals surface area (Å²) < 4.78 is 3.82. The summed E-state index contributed by atoms with van der Waals surface area (Å²) in [5.41, 5.74) is 3.75. The molecule has 0 aliphatic carbocycles. The second-order valence-corrected chi connectivity index (χ2v) is 13.2. The second kappa shape index (κ2) is 9.93. The first-order valence-corrected chi connectivity index (χ1v) is 14.6. The van der Waals surface area contributed by atoms with E-state index in [4.69, 9.17) is 4.74 Å². The highest BCUT2D eigenvalue weighted by Crippen LogP contribution is 2.65. The van der Waals surface area contributed by atoms with Gasteiger partial charge in [-0.05, 0) is 56.0 Å². The van der Waals surface area contributed by atoms with Gasteiger partial charge in [0, 0.05) is 17.0 Å². The topological polar surface area (TPSA) is 87.2 Å². The SMILES string of the molecule is Cc1ccc(C)c(N2CC=C[C@]34S[C@]5(C)C=CCOC(=O)[C@@H]5[C@H]3C(=O)N([C@@H](CO)Cc3ccccc3)C4C2=O)c1. The molecule has 1 N–H and O–H groups in total. The first-order valence-electron chi connectivity index (χ1n) is 13.8. The molecule has 2 saturated heterocycles. The summed E-state index contributed by atoms with van der Waals surface area (Å²) in [6, 6.07) is 14.1. The van der Waals surface area contributed by atoms with Crippen LogP contribution in [0.25, 0.3) is 0 Å². The number of hydrogen-bond donors (Lipinski definition) is 1. The Morgan fingerprint density at radius 1 is 1.02 bits per heavy atom. The van der Waals surface area contributed by atoms with Crippen LogP contribution in [0.15, 0.2) is 72.8 Å². The minimum atomic E-state index is -0.995. The van der Waals surface area contributed by atoms with Crippen molar-refractivity contribution in [2.24, 2.45) is 11.8 Å². The monoisotopic (exact) mass is 558 g/mol. The van der Waals surface area contributed by atoms with Crippen LogP contribution in [0.5, 0.6) is 0 Å². The molecule has 0 aromatic heterocycles. The molecule has 6 atom stereocenters. The molecule has 1 spiro atoms. The standard InChI is InChI=1S/C32H34N2O5S/c1-20-11-12-21(2)24(17-20)33-15-7-14-32-25(26-30(38)39-16-8-13-31(26,3)40-32)28(36)34(27(32)29(33)37)23(19-35)18-22-9-5-4-6-10-22/h4-14,17,23,25-27,35H,15-16,18-19H2,1-3H3/t23-,25+,26+,27?,31-,32+/m1/s1. The van der Waals surface area contributed by atoms with Crippen LogP contribution in [0.1, 0.15) is 23.6 Å². The number of esters is 1. The molecule has 4 aliphatic rings. The van der Waals surface area contributed by atoms with Crippen molar-refractivity contribution in [2.45, 2.75) is 48.8 Å². The molecule has 4 aliphatic heterocycles. The van der Waals surface area contributed by atoms with Crippen molar-refractivity contribution in [1.29, 1.82) is 0 Å². The molecular formula is C32H34N2O5S. The Balaban J connectivity index is 1.51. The zero-order chi connectivity index (χ0) is 28.2. The van der Waals surface area contributed by atoms with E-state index < -0.39 is 39.4 Å². The molecule has 0 bridgehead atoms. The predicted molar refractivity (Wildman–Crippen MR) is 155 cm³/mol. The fraction of sp³-hybridized carbons (Fsp3) is 0.406. The lowest BCUT2D eigenvalue weighted by Gasteiger charge is -2.40. The van der Waals surface area contributed by atoms with Crippen LogP contribution in [0.4, 0.5) is 5.69 Å². The fourth-order valence-corrected chi connectivity index (χ4v) is 9.19. The minimum Gasteiger partial charge on any atom is -0.461 e. The Labute approximate surface area is 238 Å². The van der Waals surface area contributed by atoms with Crippen LogP contribution in [-0.2, 0) is 25.5 Å². The van der Waals surface area contributed by atoms with E-state index in [0.29, 0.717) is 13.0 Å². The van der Waals surface area contributed by atoms with Gasteiger partial charge in [-0.3, -0.25) is 14.4 Å². The lowest BCUT2D eigenvalue weighted by molar-refractivity contribution is -0.153. The van der Waals surface area contributed by atoms with Gasteiger partial charge in [0.15, 0.2) is 0 Å². The summed E-state index contributed by atoms with van der Waals surface area (Å²) in [5.74, 6) is -2.46. The third kappa shape index (κ3) is 4.03. The van der Waals surface area contributed by atoms with Crippen molar-refractivity contribution in [3.8, 4) is 0 Å². The number of benzene rings is 2. The number of aryl methyl sites for hydroxylation is 2. The van der Waals surface area contributed by atoms with Gasteiger partial charge in [-0.15, -0.1) is 11.8 Å². The maximum Gasteiger partial charge on any atom is 0.311 e. The smallest absolute Gasteiger partial charge is 0.311 e. The Bertz CT molecular complexity index is 1420. The van der Waals surface area contributed by atoms with Crippen LogP contribution in [0, 0.1) is 25.7 Å². The molecular weight excluding hydrogens is 524 g/mol. The summed E-state index contributed by atoms with van der Waals surface area (Å²) in [4.78, 5) is 46.1. The highest BCUT2D eigenvalue weighted by molar-refractivity contribution is 8.02. The number of cyclic esters (lactones) is 1. The zero-order valence-electron chi connectivity index (χ0n) is 22.9. The Hall–Kier alpha value is -3.36. The van der Waals surface area contributed by atoms with E-state index >= 15 is 0 Å². The molecule has 7 nitrogen and oxygen atoms in total. The van der Waals surface area contributed by atoms with Gasteiger partial charge < -0.3 is 19.6 Å². The van der Waals surface area contributed by atoms with Crippen molar-refractivity contribution in [2.75, 3.05) is 24.7 Å². The molecule has 2 fully saturated rings. The molecule has 0 radical (unpaired) electrons. The summed E-state index contributed by atoms with van der Waals surface area (Å²) >= 11 is 1.51. The van der Waals surface area contributed by atoms with Crippen molar-refractivity contribution in [1.82, 2.24) is 4.90 Å². The van der Waals surface area contributed by atoms with Crippen LogP contribution in [0.2, 0.25) is 0 Å². The summed E-state index contributed by atoms with van der Waals surface area (Å²) in [7, 11) is 0. The van der Waals surface area contributed by atoms with Crippen LogP contribution < -0.4 is 4.90 Å². The zero-order valence-corrected chi connectivity index (χ0v) is 23.8. The normalized spacial score (nSPS) is 31.8. The van der Waals surface area contributed by atoms with Crippen molar-refractivity contribution >= 4 is 35.2 Å². The number of hydrogen-bond acceptors (Lipinski definition) is 6. The third-order valence-electron chi connectivity index (χ3n) is 8.82. The number of amides is 2. The van der Waals surface area contributed by atoms with Gasteiger partial charge in [0.2, 0.25) is 5.91 Å².